The third kappa shape index (κ3) is 2.83. The highest BCUT2D eigenvalue weighted by Gasteiger charge is 2.71. The molecule has 0 fully saturated rings. The predicted molar refractivity (Wildman–Crippen MR) is 151 cm³/mol. The fourth-order valence-electron chi connectivity index (χ4n) is 7.55. The first-order chi connectivity index (χ1) is 18.3. The number of fused-ring (bicyclic) bond motifs is 1. The van der Waals surface area contributed by atoms with Gasteiger partial charge in [-0.3, -0.25) is 4.79 Å². The van der Waals surface area contributed by atoms with Gasteiger partial charge in [0.15, 0.2) is 5.78 Å². The minimum atomic E-state index is -0.769. The average Bonchev–Trinajstić information content (AvgIpc) is 3.13. The Labute approximate surface area is 218 Å². The molecule has 0 N–H and O–H groups in total. The molecule has 37 heavy (non-hydrogen) atoms. The minimum absolute atomic E-state index is 0.0363. The molecular weight excluding hydrogens is 448 g/mol. The van der Waals surface area contributed by atoms with Gasteiger partial charge in [0.05, 0.1) is 5.41 Å². The van der Waals surface area contributed by atoms with Gasteiger partial charge in [0.25, 0.3) is 0 Å². The van der Waals surface area contributed by atoms with E-state index in [0.717, 1.165) is 34.3 Å². The minimum Gasteiger partial charge on any atom is -0.293 e. The summed E-state index contributed by atoms with van der Waals surface area (Å²) in [6, 6.07) is 42.3. The van der Waals surface area contributed by atoms with Gasteiger partial charge in [0.1, 0.15) is 0 Å². The quantitative estimate of drug-likeness (QED) is 0.274. The number of hydrogen-bond acceptors (Lipinski definition) is 1. The summed E-state index contributed by atoms with van der Waals surface area (Å²) in [4.78, 5) is 15.4. The molecule has 0 saturated carbocycles. The molecule has 1 heteroatoms. The van der Waals surface area contributed by atoms with Gasteiger partial charge in [-0.2, -0.15) is 0 Å². The number of benzene rings is 4. The van der Waals surface area contributed by atoms with Crippen LogP contribution in [0.1, 0.15) is 28.7 Å². The summed E-state index contributed by atoms with van der Waals surface area (Å²) in [6.45, 7) is 0. The van der Waals surface area contributed by atoms with E-state index in [2.05, 4.69) is 127 Å². The van der Waals surface area contributed by atoms with E-state index < -0.39 is 10.8 Å². The fraction of sp³-hybridized carbons (Fsp3) is 0.139. The highest BCUT2D eigenvalue weighted by molar-refractivity contribution is 6.38. The largest absolute Gasteiger partial charge is 0.293 e. The number of carbonyl (C=O) groups is 1. The second-order valence-electron chi connectivity index (χ2n) is 10.3. The summed E-state index contributed by atoms with van der Waals surface area (Å²) in [5, 5.41) is 0. The first-order valence-corrected chi connectivity index (χ1v) is 13.2. The molecular formula is C36H28O. The Balaban J connectivity index is 1.72. The maximum Gasteiger partial charge on any atom is 0.176 e. The summed E-state index contributed by atoms with van der Waals surface area (Å²) in [5.41, 5.74) is 5.05. The smallest absolute Gasteiger partial charge is 0.176 e. The molecule has 0 aliphatic heterocycles. The highest BCUT2D eigenvalue weighted by Crippen LogP contribution is 2.70. The Bertz CT molecular complexity index is 1550. The zero-order valence-corrected chi connectivity index (χ0v) is 20.6. The molecule has 8 rings (SSSR count). The van der Waals surface area contributed by atoms with Gasteiger partial charge in [0, 0.05) is 16.9 Å². The van der Waals surface area contributed by atoms with Gasteiger partial charge in [-0.25, -0.2) is 0 Å². The topological polar surface area (TPSA) is 17.1 Å². The van der Waals surface area contributed by atoms with Crippen LogP contribution in [0.2, 0.25) is 0 Å². The lowest BCUT2D eigenvalue weighted by Gasteiger charge is -2.55. The van der Waals surface area contributed by atoms with Crippen molar-refractivity contribution in [3.63, 3.8) is 0 Å². The normalized spacial score (nSPS) is 27.8. The molecule has 0 spiro atoms. The van der Waals surface area contributed by atoms with Crippen molar-refractivity contribution >= 4 is 16.9 Å². The summed E-state index contributed by atoms with van der Waals surface area (Å²) in [5.74, 6) is 0.308. The molecule has 4 aromatic rings. The first-order valence-electron chi connectivity index (χ1n) is 13.2. The van der Waals surface area contributed by atoms with Crippen molar-refractivity contribution in [3.8, 4) is 0 Å². The lowest BCUT2D eigenvalue weighted by molar-refractivity contribution is -0.122. The number of Topliss-reactive ketones (excluding diaryl/α,β-unsaturated/α-hetero) is 1. The van der Waals surface area contributed by atoms with Gasteiger partial charge in [-0.15, -0.1) is 0 Å². The molecule has 0 aromatic heterocycles. The molecule has 1 nitrogen and oxygen atoms in total. The van der Waals surface area contributed by atoms with Crippen LogP contribution in [-0.2, 0) is 15.6 Å². The predicted octanol–water partition coefficient (Wildman–Crippen LogP) is 7.82. The van der Waals surface area contributed by atoms with Crippen molar-refractivity contribution in [3.05, 3.63) is 168 Å². The van der Waals surface area contributed by atoms with E-state index in [1.807, 2.05) is 18.2 Å². The van der Waals surface area contributed by atoms with Gasteiger partial charge < -0.3 is 0 Å². The number of ketones is 1. The van der Waals surface area contributed by atoms with E-state index in [0.29, 0.717) is 0 Å². The van der Waals surface area contributed by atoms with Crippen LogP contribution < -0.4 is 0 Å². The molecule has 0 amide bonds. The molecule has 2 bridgehead atoms. The second-order valence-corrected chi connectivity index (χ2v) is 10.3. The monoisotopic (exact) mass is 476 g/mol. The van der Waals surface area contributed by atoms with Crippen LogP contribution in [0.4, 0.5) is 0 Å². The first kappa shape index (κ1) is 22.0. The Morgan fingerprint density at radius 3 is 1.65 bits per heavy atom. The third-order valence-electron chi connectivity index (χ3n) is 8.78. The Hall–Kier alpha value is -4.23. The second kappa shape index (κ2) is 8.42. The fourth-order valence-corrected chi connectivity index (χ4v) is 7.55. The Morgan fingerprint density at radius 2 is 1.05 bits per heavy atom. The van der Waals surface area contributed by atoms with Crippen molar-refractivity contribution in [2.24, 2.45) is 11.8 Å². The molecule has 0 radical (unpaired) electrons. The van der Waals surface area contributed by atoms with Crippen LogP contribution in [0.5, 0.6) is 0 Å². The van der Waals surface area contributed by atoms with Crippen molar-refractivity contribution in [1.82, 2.24) is 0 Å². The standard InChI is InChI=1S/C36H28O/c37-34-32(26-14-5-1-6-15-26)33(27-16-7-2-8-17-27)35(28-18-9-3-10-19-28)30-22-13-23-31(25-24-30)36(34,35)29-20-11-4-12-21-29/h1-22,24-25,30-31H,23H2/t30-,31-,35-,36-/m0/s1. The van der Waals surface area contributed by atoms with E-state index in [1.165, 1.54) is 5.56 Å². The SMILES string of the molecule is O=C1C(c2ccccc2)=C(c2ccccc2)[C@]2(c3ccccc3)[C@H]3C=CC[C@@H](C=C3)[C@@]12c1ccccc1. The zero-order valence-electron chi connectivity index (χ0n) is 20.6. The number of hydrogen-bond donors (Lipinski definition) is 0. The van der Waals surface area contributed by atoms with Gasteiger partial charge in [-0.05, 0) is 40.2 Å². The number of rotatable bonds is 4. The van der Waals surface area contributed by atoms with Gasteiger partial charge in [0.2, 0.25) is 0 Å². The molecule has 0 saturated heterocycles. The Morgan fingerprint density at radius 1 is 0.541 bits per heavy atom. The van der Waals surface area contributed by atoms with E-state index in [9.17, 15) is 0 Å². The third-order valence-corrected chi connectivity index (χ3v) is 8.78. The lowest BCUT2D eigenvalue weighted by atomic mass is 9.45. The van der Waals surface area contributed by atoms with Crippen LogP contribution in [0.25, 0.3) is 11.1 Å². The maximum atomic E-state index is 15.4. The van der Waals surface area contributed by atoms with Crippen molar-refractivity contribution in [2.45, 2.75) is 17.3 Å². The summed E-state index contributed by atoms with van der Waals surface area (Å²) in [6.07, 6.45) is 10.2. The van der Waals surface area contributed by atoms with Crippen LogP contribution in [0.15, 0.2) is 146 Å². The van der Waals surface area contributed by atoms with Crippen molar-refractivity contribution in [1.29, 1.82) is 0 Å². The molecule has 4 aromatic carbocycles. The van der Waals surface area contributed by atoms with Crippen molar-refractivity contribution in [2.75, 3.05) is 0 Å². The summed E-state index contributed by atoms with van der Waals surface area (Å²) < 4.78 is 0. The zero-order chi connectivity index (χ0) is 24.9. The molecule has 4 atom stereocenters. The Kier molecular flexibility index (Phi) is 5.01. The lowest BCUT2D eigenvalue weighted by Crippen LogP contribution is -2.59. The highest BCUT2D eigenvalue weighted by atomic mass is 16.1. The van der Waals surface area contributed by atoms with Gasteiger partial charge >= 0.3 is 0 Å². The van der Waals surface area contributed by atoms with Crippen LogP contribution in [0, 0.1) is 11.8 Å². The van der Waals surface area contributed by atoms with Crippen LogP contribution in [-0.4, -0.2) is 5.78 Å². The summed E-state index contributed by atoms with van der Waals surface area (Å²) in [7, 11) is 0. The maximum absolute atomic E-state index is 15.4. The molecule has 0 heterocycles. The molecule has 4 aliphatic carbocycles. The van der Waals surface area contributed by atoms with Crippen molar-refractivity contribution < 1.29 is 4.79 Å². The molecule has 4 aliphatic rings. The molecule has 178 valence electrons. The van der Waals surface area contributed by atoms with Crippen LogP contribution >= 0.6 is 0 Å². The van der Waals surface area contributed by atoms with Crippen LogP contribution in [0.3, 0.4) is 0 Å². The molecule has 0 unspecified atom stereocenters. The van der Waals surface area contributed by atoms with E-state index in [4.69, 9.17) is 0 Å². The summed E-state index contributed by atoms with van der Waals surface area (Å²) >= 11 is 0. The number of carbonyl (C=O) groups excluding carboxylic acids is 1. The van der Waals surface area contributed by atoms with E-state index >= 15 is 4.79 Å². The van der Waals surface area contributed by atoms with E-state index in [1.54, 1.807) is 0 Å². The van der Waals surface area contributed by atoms with E-state index in [-0.39, 0.29) is 17.6 Å². The van der Waals surface area contributed by atoms with Gasteiger partial charge in [-0.1, -0.05) is 146 Å². The number of allylic oxidation sites excluding steroid dienone is 6. The average molecular weight is 477 g/mol.